The summed E-state index contributed by atoms with van der Waals surface area (Å²) >= 11 is 0. The van der Waals surface area contributed by atoms with Crippen LogP contribution in [0.4, 0.5) is 19.0 Å². The van der Waals surface area contributed by atoms with Gasteiger partial charge < -0.3 is 24.6 Å². The molecule has 35 heavy (non-hydrogen) atoms. The third-order valence-corrected chi connectivity index (χ3v) is 5.89. The van der Waals surface area contributed by atoms with Crippen molar-refractivity contribution < 1.29 is 32.2 Å². The van der Waals surface area contributed by atoms with Gasteiger partial charge in [-0.25, -0.2) is 10.4 Å². The fourth-order valence-corrected chi connectivity index (χ4v) is 4.08. The van der Waals surface area contributed by atoms with Crippen molar-refractivity contribution in [3.8, 4) is 0 Å². The van der Waals surface area contributed by atoms with E-state index in [1.165, 1.54) is 7.11 Å². The van der Waals surface area contributed by atoms with E-state index in [1.807, 2.05) is 12.3 Å². The Labute approximate surface area is 201 Å². The first kappa shape index (κ1) is 27.0. The van der Waals surface area contributed by atoms with Crippen LogP contribution in [-0.4, -0.2) is 105 Å². The fraction of sp³-hybridized carbons (Fsp3) is 0.714. The zero-order valence-electron chi connectivity index (χ0n) is 19.8. The lowest BCUT2D eigenvalue weighted by molar-refractivity contribution is -0.193. The molecule has 2 saturated heterocycles. The number of aromatic nitrogens is 2. The first-order chi connectivity index (χ1) is 16.7. The number of hydrogen-bond donors (Lipinski definition) is 3. The highest BCUT2D eigenvalue weighted by atomic mass is 19.4. The molecule has 11 nitrogen and oxygen atoms in total. The van der Waals surface area contributed by atoms with Gasteiger partial charge in [-0.2, -0.15) is 13.2 Å². The van der Waals surface area contributed by atoms with Crippen LogP contribution in [0.3, 0.4) is 0 Å². The van der Waals surface area contributed by atoms with E-state index in [1.54, 1.807) is 17.3 Å². The number of halogens is 3. The minimum Gasteiger partial charge on any atom is -0.383 e. The van der Waals surface area contributed by atoms with Crippen molar-refractivity contribution >= 4 is 17.6 Å². The maximum Gasteiger partial charge on any atom is 0.402 e. The molecule has 3 heterocycles. The number of hydrazine groups is 1. The van der Waals surface area contributed by atoms with Crippen LogP contribution in [0.5, 0.6) is 0 Å². The van der Waals surface area contributed by atoms with Gasteiger partial charge in [0.25, 0.3) is 0 Å². The molecule has 196 valence electrons. The van der Waals surface area contributed by atoms with Crippen molar-refractivity contribution in [1.82, 2.24) is 31.0 Å². The lowest BCUT2D eigenvalue weighted by Gasteiger charge is -2.36. The monoisotopic (exact) mass is 503 g/mol. The van der Waals surface area contributed by atoms with Crippen LogP contribution in [0.15, 0.2) is 12.4 Å². The minimum atomic E-state index is -4.69. The topological polar surface area (TPSA) is 121 Å². The Balaban J connectivity index is 1.40. The minimum absolute atomic E-state index is 0.0314. The lowest BCUT2D eigenvalue weighted by Crippen LogP contribution is -2.65. The SMILES string of the molecule is COC[C@@H](COCCC(=O)N1CCN(c2cnc(C)cn2)CC1)NC1CNNC(=O)C1C(F)(F)F. The zero-order valence-corrected chi connectivity index (χ0v) is 19.8. The number of methoxy groups -OCH3 is 1. The summed E-state index contributed by atoms with van der Waals surface area (Å²) in [4.78, 5) is 36.7. The normalized spacial score (nSPS) is 22.1. The van der Waals surface area contributed by atoms with E-state index in [9.17, 15) is 22.8 Å². The Morgan fingerprint density at radius 1 is 1.23 bits per heavy atom. The third kappa shape index (κ3) is 7.72. The molecule has 14 heteroatoms. The number of rotatable bonds is 10. The molecule has 3 atom stereocenters. The van der Waals surface area contributed by atoms with Crippen LogP contribution in [0.2, 0.25) is 0 Å². The number of nitrogens with zero attached hydrogens (tertiary/aromatic N) is 4. The van der Waals surface area contributed by atoms with E-state index in [4.69, 9.17) is 9.47 Å². The Hall–Kier alpha value is -2.55. The molecular weight excluding hydrogens is 471 g/mol. The van der Waals surface area contributed by atoms with E-state index < -0.39 is 30.1 Å². The van der Waals surface area contributed by atoms with Crippen molar-refractivity contribution in [1.29, 1.82) is 0 Å². The second kappa shape index (κ2) is 12.4. The summed E-state index contributed by atoms with van der Waals surface area (Å²) in [7, 11) is 1.42. The summed E-state index contributed by atoms with van der Waals surface area (Å²) in [6, 6.07) is -1.76. The first-order valence-electron chi connectivity index (χ1n) is 11.4. The maximum atomic E-state index is 13.3. The number of hydrogen-bond acceptors (Lipinski definition) is 9. The van der Waals surface area contributed by atoms with E-state index in [0.29, 0.717) is 26.2 Å². The third-order valence-electron chi connectivity index (χ3n) is 5.89. The molecule has 2 amide bonds. The number of aryl methyl sites for hydroxylation is 1. The second-order valence-electron chi connectivity index (χ2n) is 8.52. The molecule has 0 bridgehead atoms. The van der Waals surface area contributed by atoms with Gasteiger partial charge in [0.1, 0.15) is 5.82 Å². The Bertz CT molecular complexity index is 835. The number of amides is 2. The van der Waals surface area contributed by atoms with Gasteiger partial charge in [-0.3, -0.25) is 20.0 Å². The highest BCUT2D eigenvalue weighted by Gasteiger charge is 2.51. The van der Waals surface area contributed by atoms with Crippen molar-refractivity contribution in [3.63, 3.8) is 0 Å². The fourth-order valence-electron chi connectivity index (χ4n) is 4.08. The van der Waals surface area contributed by atoms with Crippen molar-refractivity contribution in [3.05, 3.63) is 18.1 Å². The molecule has 2 fully saturated rings. The average molecular weight is 504 g/mol. The molecule has 2 aliphatic rings. The van der Waals surface area contributed by atoms with Crippen LogP contribution in [0.1, 0.15) is 12.1 Å². The smallest absolute Gasteiger partial charge is 0.383 e. The van der Waals surface area contributed by atoms with Gasteiger partial charge in [0.2, 0.25) is 11.8 Å². The molecule has 2 unspecified atom stereocenters. The quantitative estimate of drug-likeness (QED) is 0.367. The van der Waals surface area contributed by atoms with Gasteiger partial charge in [-0.15, -0.1) is 0 Å². The summed E-state index contributed by atoms with van der Waals surface area (Å²) in [6.45, 7) is 4.40. The molecule has 1 aromatic rings. The lowest BCUT2D eigenvalue weighted by atomic mass is 9.96. The number of anilines is 1. The number of alkyl halides is 3. The molecule has 3 rings (SSSR count). The number of nitrogens with one attached hydrogen (secondary N) is 3. The summed E-state index contributed by atoms with van der Waals surface area (Å²) in [5.41, 5.74) is 5.32. The highest BCUT2D eigenvalue weighted by Crippen LogP contribution is 2.30. The predicted octanol–water partition coefficient (Wildman–Crippen LogP) is -0.374. The van der Waals surface area contributed by atoms with E-state index in [-0.39, 0.29) is 38.7 Å². The van der Waals surface area contributed by atoms with Crippen LogP contribution in [0, 0.1) is 12.8 Å². The number of piperazine rings is 1. The van der Waals surface area contributed by atoms with Crippen molar-refractivity contribution in [2.24, 2.45) is 5.92 Å². The molecule has 0 aliphatic carbocycles. The van der Waals surface area contributed by atoms with Crippen LogP contribution in [-0.2, 0) is 19.1 Å². The Kier molecular flexibility index (Phi) is 9.60. The van der Waals surface area contributed by atoms with E-state index in [2.05, 4.69) is 25.6 Å². The maximum absolute atomic E-state index is 13.3. The number of ether oxygens (including phenoxy) is 2. The summed E-state index contributed by atoms with van der Waals surface area (Å²) in [5, 5.41) is 2.81. The Morgan fingerprint density at radius 2 is 1.97 bits per heavy atom. The number of carbonyl (C=O) groups excluding carboxylic acids is 2. The first-order valence-corrected chi connectivity index (χ1v) is 11.4. The van der Waals surface area contributed by atoms with E-state index >= 15 is 0 Å². The van der Waals surface area contributed by atoms with Gasteiger partial charge in [0.15, 0.2) is 5.92 Å². The largest absolute Gasteiger partial charge is 0.402 e. The van der Waals surface area contributed by atoms with Crippen molar-refractivity contribution in [2.75, 3.05) is 64.6 Å². The van der Waals surface area contributed by atoms with Crippen molar-refractivity contribution in [2.45, 2.75) is 31.6 Å². The molecule has 0 spiro atoms. The number of carbonyl (C=O) groups is 2. The summed E-state index contributed by atoms with van der Waals surface area (Å²) in [6.07, 6.45) is -1.11. The van der Waals surface area contributed by atoms with E-state index in [0.717, 1.165) is 11.5 Å². The second-order valence-corrected chi connectivity index (χ2v) is 8.52. The summed E-state index contributed by atoms with van der Waals surface area (Å²) in [5.74, 6) is -2.60. The Morgan fingerprint density at radius 3 is 2.60 bits per heavy atom. The zero-order chi connectivity index (χ0) is 25.4. The highest BCUT2D eigenvalue weighted by molar-refractivity contribution is 5.80. The van der Waals surface area contributed by atoms with Gasteiger partial charge in [0.05, 0.1) is 50.4 Å². The van der Waals surface area contributed by atoms with Crippen LogP contribution < -0.4 is 21.1 Å². The predicted molar refractivity (Wildman–Crippen MR) is 119 cm³/mol. The van der Waals surface area contributed by atoms with Crippen LogP contribution >= 0.6 is 0 Å². The van der Waals surface area contributed by atoms with Gasteiger partial charge in [0, 0.05) is 45.9 Å². The molecule has 0 aromatic carbocycles. The molecule has 1 aromatic heterocycles. The average Bonchev–Trinajstić information content (AvgIpc) is 2.81. The van der Waals surface area contributed by atoms with Crippen LogP contribution in [0.25, 0.3) is 0 Å². The standard InChI is InChI=1S/C21H32F3N7O4/c1-14-9-26-17(11-25-14)30-4-6-31(7-5-30)18(32)3-8-35-13-15(12-34-2)28-16-10-27-29-20(33)19(16)21(22,23)24/h9,11,15-16,19,27-28H,3-8,10,12-13H2,1-2H3,(H,29,33)/t15-,16?,19?/m0/s1. The molecular formula is C21H32F3N7O4. The van der Waals surface area contributed by atoms with Gasteiger partial charge >= 0.3 is 6.18 Å². The molecule has 2 aliphatic heterocycles. The summed E-state index contributed by atoms with van der Waals surface area (Å²) < 4.78 is 50.7. The molecule has 3 N–H and O–H groups in total. The molecule has 0 saturated carbocycles. The van der Waals surface area contributed by atoms with Gasteiger partial charge in [-0.1, -0.05) is 0 Å². The van der Waals surface area contributed by atoms with Gasteiger partial charge in [-0.05, 0) is 6.92 Å². The molecule has 0 radical (unpaired) electrons.